The molecule has 5 nitrogen and oxygen atoms in total. The van der Waals surface area contributed by atoms with Crippen LogP contribution in [0.1, 0.15) is 6.42 Å². The van der Waals surface area contributed by atoms with Crippen LogP contribution in [0.5, 0.6) is 5.75 Å². The van der Waals surface area contributed by atoms with Crippen LogP contribution >= 0.6 is 0 Å². The first-order valence-corrected chi connectivity index (χ1v) is 6.38. The van der Waals surface area contributed by atoms with Crippen molar-refractivity contribution in [1.82, 2.24) is 0 Å². The fourth-order valence-corrected chi connectivity index (χ4v) is 2.64. The van der Waals surface area contributed by atoms with Crippen LogP contribution in [0.3, 0.4) is 0 Å². The highest BCUT2D eigenvalue weighted by Crippen LogP contribution is 2.34. The number of phenolic OH excluding ortho intramolecular Hbond substituents is 1. The van der Waals surface area contributed by atoms with E-state index in [2.05, 4.69) is 0 Å². The number of nitrogens with zero attached hydrogens (tertiary/aromatic N) is 1. The normalized spacial score (nSPS) is 18.7. The van der Waals surface area contributed by atoms with E-state index in [0.717, 1.165) is 5.39 Å². The fraction of sp³-hybridized carbons (Fsp3) is 0.200. The Labute approximate surface area is 115 Å². The molecule has 0 aliphatic carbocycles. The highest BCUT2D eigenvalue weighted by molar-refractivity contribution is 6.07. The molecule has 0 saturated carbocycles. The van der Waals surface area contributed by atoms with Crippen LogP contribution in [0.2, 0.25) is 0 Å². The molecule has 2 aromatic rings. The molecule has 0 radical (unpaired) electrons. The first-order valence-electron chi connectivity index (χ1n) is 6.38. The molecule has 3 rings (SSSR count). The van der Waals surface area contributed by atoms with Gasteiger partial charge >= 0.3 is 0 Å². The third-order valence-corrected chi connectivity index (χ3v) is 3.69. The van der Waals surface area contributed by atoms with E-state index in [-0.39, 0.29) is 18.1 Å². The third kappa shape index (κ3) is 1.87. The minimum Gasteiger partial charge on any atom is -0.507 e. The Morgan fingerprint density at radius 3 is 2.60 bits per heavy atom. The molecule has 0 bridgehead atoms. The van der Waals surface area contributed by atoms with E-state index in [1.807, 2.05) is 12.1 Å². The molecule has 2 amide bonds. The molecule has 0 spiro atoms. The second-order valence-electron chi connectivity index (χ2n) is 4.96. The average molecular weight is 270 g/mol. The maximum absolute atomic E-state index is 12.1. The first-order chi connectivity index (χ1) is 9.58. The molecule has 1 heterocycles. The van der Waals surface area contributed by atoms with Crippen molar-refractivity contribution in [2.24, 2.45) is 11.7 Å². The average Bonchev–Trinajstić information content (AvgIpc) is 2.81. The molecule has 1 unspecified atom stereocenters. The van der Waals surface area contributed by atoms with Gasteiger partial charge in [0.1, 0.15) is 5.75 Å². The number of carbonyl (C=O) groups excluding carboxylic acids is 2. The van der Waals surface area contributed by atoms with Crippen LogP contribution in [-0.4, -0.2) is 23.5 Å². The predicted octanol–water partition coefficient (Wildman–Crippen LogP) is 1.38. The van der Waals surface area contributed by atoms with E-state index in [1.165, 1.54) is 0 Å². The molecule has 5 heteroatoms. The second kappa shape index (κ2) is 4.52. The lowest BCUT2D eigenvalue weighted by molar-refractivity contribution is -0.123. The molecule has 102 valence electrons. The highest BCUT2D eigenvalue weighted by atomic mass is 16.3. The predicted molar refractivity (Wildman–Crippen MR) is 75.3 cm³/mol. The van der Waals surface area contributed by atoms with Crippen molar-refractivity contribution in [3.63, 3.8) is 0 Å². The number of carbonyl (C=O) groups is 2. The second-order valence-corrected chi connectivity index (χ2v) is 4.96. The molecule has 20 heavy (non-hydrogen) atoms. The van der Waals surface area contributed by atoms with Crippen molar-refractivity contribution < 1.29 is 14.7 Å². The van der Waals surface area contributed by atoms with E-state index < -0.39 is 11.8 Å². The van der Waals surface area contributed by atoms with Gasteiger partial charge < -0.3 is 15.7 Å². The zero-order valence-corrected chi connectivity index (χ0v) is 10.7. The minimum atomic E-state index is -0.455. The number of nitrogens with two attached hydrogens (primary N) is 1. The van der Waals surface area contributed by atoms with Gasteiger partial charge in [0.2, 0.25) is 11.8 Å². The van der Waals surface area contributed by atoms with Crippen LogP contribution in [0.15, 0.2) is 36.4 Å². The topological polar surface area (TPSA) is 83.6 Å². The van der Waals surface area contributed by atoms with Crippen molar-refractivity contribution >= 4 is 28.3 Å². The fourth-order valence-electron chi connectivity index (χ4n) is 2.64. The Kier molecular flexibility index (Phi) is 2.82. The standard InChI is InChI=1S/C15H14N2O3/c16-15(20)9-7-14(19)17(8-9)12-5-1-4-11-10(12)3-2-6-13(11)18/h1-6,9,18H,7-8H2,(H2,16,20). The van der Waals surface area contributed by atoms with Gasteiger partial charge in [-0.3, -0.25) is 9.59 Å². The smallest absolute Gasteiger partial charge is 0.227 e. The summed E-state index contributed by atoms with van der Waals surface area (Å²) in [7, 11) is 0. The summed E-state index contributed by atoms with van der Waals surface area (Å²) in [6, 6.07) is 10.6. The van der Waals surface area contributed by atoms with Gasteiger partial charge in [-0.05, 0) is 12.1 Å². The summed E-state index contributed by atoms with van der Waals surface area (Å²) in [6.07, 6.45) is 0.143. The lowest BCUT2D eigenvalue weighted by Gasteiger charge is -2.18. The number of aromatic hydroxyl groups is 1. The van der Waals surface area contributed by atoms with E-state index in [9.17, 15) is 14.7 Å². The molecular formula is C15H14N2O3. The lowest BCUT2D eigenvalue weighted by atomic mass is 10.1. The van der Waals surface area contributed by atoms with Gasteiger partial charge in [0.15, 0.2) is 0 Å². The van der Waals surface area contributed by atoms with E-state index in [4.69, 9.17) is 5.73 Å². The molecule has 1 aliphatic heterocycles. The maximum Gasteiger partial charge on any atom is 0.227 e. The first kappa shape index (κ1) is 12.5. The molecular weight excluding hydrogens is 256 g/mol. The van der Waals surface area contributed by atoms with Crippen LogP contribution in [0.4, 0.5) is 5.69 Å². The number of benzene rings is 2. The minimum absolute atomic E-state index is 0.121. The van der Waals surface area contributed by atoms with Gasteiger partial charge in [-0.1, -0.05) is 24.3 Å². The number of hydrogen-bond acceptors (Lipinski definition) is 3. The molecule has 1 fully saturated rings. The van der Waals surface area contributed by atoms with Crippen molar-refractivity contribution in [3.05, 3.63) is 36.4 Å². The summed E-state index contributed by atoms with van der Waals surface area (Å²) < 4.78 is 0. The van der Waals surface area contributed by atoms with Crippen LogP contribution in [-0.2, 0) is 9.59 Å². The summed E-state index contributed by atoms with van der Waals surface area (Å²) in [5, 5.41) is 11.3. The van der Waals surface area contributed by atoms with Crippen LogP contribution in [0, 0.1) is 5.92 Å². The summed E-state index contributed by atoms with van der Waals surface area (Å²) in [5.41, 5.74) is 5.98. The van der Waals surface area contributed by atoms with E-state index in [0.29, 0.717) is 17.6 Å². The number of hydrogen-bond donors (Lipinski definition) is 2. The lowest BCUT2D eigenvalue weighted by Crippen LogP contribution is -2.28. The van der Waals surface area contributed by atoms with Crippen LogP contribution in [0.25, 0.3) is 10.8 Å². The quantitative estimate of drug-likeness (QED) is 0.864. The van der Waals surface area contributed by atoms with Gasteiger partial charge in [0.25, 0.3) is 0 Å². The van der Waals surface area contributed by atoms with E-state index >= 15 is 0 Å². The SMILES string of the molecule is NC(=O)C1CC(=O)N(c2cccc3c(O)cccc23)C1. The van der Waals surface area contributed by atoms with Gasteiger partial charge in [-0.25, -0.2) is 0 Å². The van der Waals surface area contributed by atoms with Gasteiger partial charge in [-0.15, -0.1) is 0 Å². The van der Waals surface area contributed by atoms with Crippen molar-refractivity contribution in [1.29, 1.82) is 0 Å². The molecule has 1 atom stereocenters. The number of amides is 2. The van der Waals surface area contributed by atoms with Crippen LogP contribution < -0.4 is 10.6 Å². The Morgan fingerprint density at radius 2 is 1.90 bits per heavy atom. The van der Waals surface area contributed by atoms with Gasteiger partial charge in [0.05, 0.1) is 11.6 Å². The zero-order chi connectivity index (χ0) is 14.3. The highest BCUT2D eigenvalue weighted by Gasteiger charge is 2.34. The van der Waals surface area contributed by atoms with E-state index in [1.54, 1.807) is 29.2 Å². The third-order valence-electron chi connectivity index (χ3n) is 3.69. The number of primary amides is 1. The Morgan fingerprint density at radius 1 is 1.20 bits per heavy atom. The maximum atomic E-state index is 12.1. The number of fused-ring (bicyclic) bond motifs is 1. The van der Waals surface area contributed by atoms with Crippen molar-refractivity contribution in [3.8, 4) is 5.75 Å². The largest absolute Gasteiger partial charge is 0.507 e. The molecule has 0 aromatic heterocycles. The Balaban J connectivity index is 2.09. The zero-order valence-electron chi connectivity index (χ0n) is 10.7. The number of rotatable bonds is 2. The molecule has 1 saturated heterocycles. The molecule has 1 aliphatic rings. The van der Waals surface area contributed by atoms with Crippen molar-refractivity contribution in [2.45, 2.75) is 6.42 Å². The van der Waals surface area contributed by atoms with Gasteiger partial charge in [0, 0.05) is 23.7 Å². The monoisotopic (exact) mass is 270 g/mol. The summed E-state index contributed by atoms with van der Waals surface area (Å²) in [4.78, 5) is 24.9. The summed E-state index contributed by atoms with van der Waals surface area (Å²) in [5.74, 6) is -0.855. The molecule has 3 N–H and O–H groups in total. The Bertz CT molecular complexity index is 711. The number of anilines is 1. The Hall–Kier alpha value is -2.56. The summed E-state index contributed by atoms with van der Waals surface area (Å²) in [6.45, 7) is 0.295. The summed E-state index contributed by atoms with van der Waals surface area (Å²) >= 11 is 0. The van der Waals surface area contributed by atoms with Gasteiger partial charge in [-0.2, -0.15) is 0 Å². The molecule has 2 aromatic carbocycles. The van der Waals surface area contributed by atoms with Crippen molar-refractivity contribution in [2.75, 3.05) is 11.4 Å². The number of phenols is 1.